The lowest BCUT2D eigenvalue weighted by molar-refractivity contribution is -0.0147. The second-order valence-corrected chi connectivity index (χ2v) is 9.77. The van der Waals surface area contributed by atoms with Crippen molar-refractivity contribution in [2.45, 2.75) is 38.6 Å². The molecule has 0 aromatic heterocycles. The van der Waals surface area contributed by atoms with Crippen molar-refractivity contribution in [3.8, 4) is 11.1 Å². The van der Waals surface area contributed by atoms with Crippen molar-refractivity contribution in [2.24, 2.45) is 5.92 Å². The van der Waals surface area contributed by atoms with Gasteiger partial charge in [-0.15, -0.1) is 0 Å². The number of rotatable bonds is 9. The predicted molar refractivity (Wildman–Crippen MR) is 143 cm³/mol. The van der Waals surface area contributed by atoms with Crippen LogP contribution in [0.1, 0.15) is 42.9 Å². The predicted octanol–water partition coefficient (Wildman–Crippen LogP) is 6.20. The Morgan fingerprint density at radius 1 is 0.971 bits per heavy atom. The van der Waals surface area contributed by atoms with E-state index in [-0.39, 0.29) is 18.4 Å². The minimum absolute atomic E-state index is 0.0103. The minimum atomic E-state index is -0.531. The number of carbonyl (C=O) groups excluding carboxylic acids is 1. The summed E-state index contributed by atoms with van der Waals surface area (Å²) in [4.78, 5) is 13.1. The number of hydroxylamine groups is 2. The van der Waals surface area contributed by atoms with Crippen LogP contribution in [-0.2, 0) is 11.2 Å². The van der Waals surface area contributed by atoms with Crippen molar-refractivity contribution in [3.63, 3.8) is 0 Å². The summed E-state index contributed by atoms with van der Waals surface area (Å²) in [7, 11) is 0. The number of nitrogens with zero attached hydrogens (tertiary/aromatic N) is 1. The van der Waals surface area contributed by atoms with E-state index >= 15 is 0 Å². The van der Waals surface area contributed by atoms with E-state index in [0.717, 1.165) is 21.8 Å². The summed E-state index contributed by atoms with van der Waals surface area (Å²) in [5.41, 5.74) is 5.81. The average molecular weight is 489 g/mol. The second kappa shape index (κ2) is 11.5. The first-order chi connectivity index (χ1) is 16.9. The Bertz CT molecular complexity index is 1120. The van der Waals surface area contributed by atoms with Crippen LogP contribution in [-0.4, -0.2) is 40.5 Å². The van der Waals surface area contributed by atoms with Gasteiger partial charge in [-0.3, -0.25) is 5.21 Å². The summed E-state index contributed by atoms with van der Waals surface area (Å²) >= 11 is 5.55. The van der Waals surface area contributed by atoms with Gasteiger partial charge in [0.05, 0.1) is 12.6 Å². The fraction of sp³-hybridized carbons (Fsp3) is 0.310. The van der Waals surface area contributed by atoms with Crippen molar-refractivity contribution >= 4 is 23.3 Å². The van der Waals surface area contributed by atoms with Crippen molar-refractivity contribution in [3.05, 3.63) is 95.6 Å². The molecule has 0 heterocycles. The summed E-state index contributed by atoms with van der Waals surface area (Å²) < 4.78 is 5.70. The molecule has 0 spiro atoms. The number of alkyl carbamates (subject to hydrolysis) is 1. The van der Waals surface area contributed by atoms with Gasteiger partial charge in [0.1, 0.15) is 11.6 Å². The lowest BCUT2D eigenvalue weighted by Crippen LogP contribution is -2.48. The van der Waals surface area contributed by atoms with Crippen LogP contribution in [0, 0.1) is 5.92 Å². The Kier molecular flexibility index (Phi) is 8.16. The van der Waals surface area contributed by atoms with Gasteiger partial charge in [-0.05, 0) is 46.6 Å². The summed E-state index contributed by atoms with van der Waals surface area (Å²) in [6.07, 6.45) is 0.721. The van der Waals surface area contributed by atoms with E-state index in [1.165, 1.54) is 11.1 Å². The third kappa shape index (κ3) is 6.08. The molecular weight excluding hydrogens is 456 g/mol. The van der Waals surface area contributed by atoms with Crippen molar-refractivity contribution in [1.82, 2.24) is 10.4 Å². The first-order valence-electron chi connectivity index (χ1n) is 12.1. The maximum atomic E-state index is 12.8. The third-order valence-electron chi connectivity index (χ3n) is 6.35. The molecule has 35 heavy (non-hydrogen) atoms. The van der Waals surface area contributed by atoms with Crippen LogP contribution in [0.2, 0.25) is 0 Å². The Morgan fingerprint density at radius 3 is 2.14 bits per heavy atom. The Morgan fingerprint density at radius 2 is 1.54 bits per heavy atom. The van der Waals surface area contributed by atoms with Crippen molar-refractivity contribution in [1.29, 1.82) is 0 Å². The number of fused-ring (bicyclic) bond motifs is 3. The van der Waals surface area contributed by atoms with Crippen LogP contribution in [0.4, 0.5) is 4.79 Å². The molecule has 4 rings (SSSR count). The number of nitrogens with one attached hydrogen (secondary N) is 1. The zero-order valence-corrected chi connectivity index (χ0v) is 21.0. The van der Waals surface area contributed by atoms with Gasteiger partial charge in [0.15, 0.2) is 0 Å². The third-order valence-corrected chi connectivity index (χ3v) is 6.85. The van der Waals surface area contributed by atoms with E-state index in [2.05, 4.69) is 43.4 Å². The molecule has 0 bridgehead atoms. The molecule has 1 atom stereocenters. The highest BCUT2D eigenvalue weighted by atomic mass is 32.1. The molecule has 1 aliphatic carbocycles. The molecule has 1 aliphatic rings. The van der Waals surface area contributed by atoms with E-state index in [0.29, 0.717) is 24.4 Å². The average Bonchev–Trinajstić information content (AvgIpc) is 3.19. The number of carbonyl (C=O) groups is 1. The van der Waals surface area contributed by atoms with Crippen molar-refractivity contribution in [2.75, 3.05) is 13.2 Å². The van der Waals surface area contributed by atoms with E-state index in [1.807, 2.05) is 54.6 Å². The Balaban J connectivity index is 1.38. The summed E-state index contributed by atoms with van der Waals surface area (Å²) in [6.45, 7) is 4.70. The molecule has 6 heteroatoms. The maximum Gasteiger partial charge on any atom is 0.407 e. The molecule has 182 valence electrons. The zero-order chi connectivity index (χ0) is 24.8. The monoisotopic (exact) mass is 488 g/mol. The van der Waals surface area contributed by atoms with Gasteiger partial charge in [0.25, 0.3) is 0 Å². The molecule has 0 unspecified atom stereocenters. The molecule has 0 fully saturated rings. The summed E-state index contributed by atoms with van der Waals surface area (Å²) in [5.74, 6) is 0.262. The Labute approximate surface area is 212 Å². The largest absolute Gasteiger partial charge is 0.449 e. The second-order valence-electron chi connectivity index (χ2n) is 9.35. The highest BCUT2D eigenvalue weighted by Gasteiger charge is 2.30. The van der Waals surface area contributed by atoms with Crippen LogP contribution >= 0.6 is 12.2 Å². The molecule has 3 aromatic carbocycles. The number of thiocarbonyl (C=S) groups is 1. The zero-order valence-electron chi connectivity index (χ0n) is 20.2. The van der Waals surface area contributed by atoms with Gasteiger partial charge in [0.2, 0.25) is 0 Å². The molecule has 1 amide bonds. The van der Waals surface area contributed by atoms with E-state index in [9.17, 15) is 10.0 Å². The number of ether oxygens (including phenoxy) is 1. The molecule has 0 saturated carbocycles. The molecule has 5 nitrogen and oxygen atoms in total. The SMILES string of the molecule is CC(C)C[C@H](NC(=O)OCC1c2ccccc2-c2ccccc21)C(=S)N(O)CCc1ccccc1. The van der Waals surface area contributed by atoms with Crippen LogP contribution in [0.15, 0.2) is 78.9 Å². The van der Waals surface area contributed by atoms with Crippen LogP contribution in [0.25, 0.3) is 11.1 Å². The highest BCUT2D eigenvalue weighted by molar-refractivity contribution is 7.80. The maximum absolute atomic E-state index is 12.8. The van der Waals surface area contributed by atoms with Gasteiger partial charge in [-0.25, -0.2) is 9.86 Å². The van der Waals surface area contributed by atoms with Gasteiger partial charge < -0.3 is 10.1 Å². The standard InChI is InChI=1S/C29H32N2O3S/c1-20(2)18-27(28(35)31(33)17-16-21-10-4-3-5-11-21)30-29(32)34-19-26-24-14-8-6-12-22(24)23-13-7-9-15-25(23)26/h3-15,20,26-27,33H,16-19H2,1-2H3,(H,30,32)/t27-/m0/s1. The van der Waals surface area contributed by atoms with E-state index in [1.54, 1.807) is 0 Å². The first kappa shape index (κ1) is 24.9. The summed E-state index contributed by atoms with van der Waals surface area (Å²) in [5, 5.41) is 14.6. The quantitative estimate of drug-likeness (QED) is 0.277. The fourth-order valence-electron chi connectivity index (χ4n) is 4.64. The smallest absolute Gasteiger partial charge is 0.407 e. The van der Waals surface area contributed by atoms with E-state index in [4.69, 9.17) is 17.0 Å². The lowest BCUT2D eigenvalue weighted by atomic mass is 9.98. The molecule has 0 radical (unpaired) electrons. The van der Waals surface area contributed by atoms with Gasteiger partial charge in [0, 0.05) is 5.92 Å². The molecule has 0 saturated heterocycles. The molecule has 2 N–H and O–H groups in total. The van der Waals surface area contributed by atoms with E-state index < -0.39 is 12.1 Å². The molecular formula is C29H32N2O3S. The van der Waals surface area contributed by atoms with Crippen LogP contribution in [0.5, 0.6) is 0 Å². The summed E-state index contributed by atoms with van der Waals surface area (Å²) in [6, 6.07) is 25.9. The topological polar surface area (TPSA) is 61.8 Å². The molecule has 0 aliphatic heterocycles. The fourth-order valence-corrected chi connectivity index (χ4v) is 4.89. The highest BCUT2D eigenvalue weighted by Crippen LogP contribution is 2.44. The van der Waals surface area contributed by atoms with Crippen molar-refractivity contribution < 1.29 is 14.7 Å². The number of benzene rings is 3. The Hall–Kier alpha value is -3.22. The van der Waals surface area contributed by atoms with Crippen LogP contribution in [0.3, 0.4) is 0 Å². The number of hydrogen-bond donors (Lipinski definition) is 2. The molecule has 3 aromatic rings. The van der Waals surface area contributed by atoms with Gasteiger partial charge >= 0.3 is 6.09 Å². The first-order valence-corrected chi connectivity index (χ1v) is 12.5. The van der Waals surface area contributed by atoms with Gasteiger partial charge in [-0.2, -0.15) is 0 Å². The minimum Gasteiger partial charge on any atom is -0.449 e. The lowest BCUT2D eigenvalue weighted by Gasteiger charge is -2.27. The van der Waals surface area contributed by atoms with Crippen LogP contribution < -0.4 is 5.32 Å². The number of amides is 1. The normalized spacial score (nSPS) is 13.1. The number of hydrogen-bond acceptors (Lipinski definition) is 4. The van der Waals surface area contributed by atoms with Gasteiger partial charge in [-0.1, -0.05) is 105 Å².